The van der Waals surface area contributed by atoms with E-state index in [9.17, 15) is 5.11 Å². The fourth-order valence-corrected chi connectivity index (χ4v) is 1.48. The van der Waals surface area contributed by atoms with Crippen LogP contribution in [-0.2, 0) is 4.74 Å². The molecule has 0 aliphatic heterocycles. The highest BCUT2D eigenvalue weighted by molar-refractivity contribution is 5.20. The van der Waals surface area contributed by atoms with E-state index >= 15 is 0 Å². The molecule has 2 heteroatoms. The lowest BCUT2D eigenvalue weighted by atomic mass is 9.92. The molecule has 0 aliphatic rings. The van der Waals surface area contributed by atoms with E-state index in [0.29, 0.717) is 6.61 Å². The molecule has 0 fully saturated rings. The van der Waals surface area contributed by atoms with Gasteiger partial charge in [0.2, 0.25) is 0 Å². The molecule has 15 heavy (non-hydrogen) atoms. The van der Waals surface area contributed by atoms with E-state index in [1.54, 1.807) is 7.11 Å². The number of methoxy groups -OCH3 is 1. The summed E-state index contributed by atoms with van der Waals surface area (Å²) in [6.45, 7) is 6.35. The Balaban J connectivity index is 2.68. The first-order chi connectivity index (χ1) is 7.16. The lowest BCUT2D eigenvalue weighted by Gasteiger charge is -2.21. The summed E-state index contributed by atoms with van der Waals surface area (Å²) in [4.78, 5) is 0. The number of rotatable bonds is 5. The number of benzene rings is 1. The van der Waals surface area contributed by atoms with Gasteiger partial charge in [0.25, 0.3) is 0 Å². The van der Waals surface area contributed by atoms with Gasteiger partial charge in [-0.25, -0.2) is 0 Å². The average Bonchev–Trinajstić information content (AvgIpc) is 2.28. The maximum Gasteiger partial charge on any atom is 0.0853 e. The molecule has 82 valence electrons. The summed E-state index contributed by atoms with van der Waals surface area (Å²) in [7, 11) is 1.63. The van der Waals surface area contributed by atoms with Crippen LogP contribution < -0.4 is 0 Å². The van der Waals surface area contributed by atoms with Crippen molar-refractivity contribution in [1.29, 1.82) is 0 Å². The first-order valence-corrected chi connectivity index (χ1v) is 5.06. The lowest BCUT2D eigenvalue weighted by molar-refractivity contribution is 0.121. The Labute approximate surface area is 91.2 Å². The molecule has 0 spiro atoms. The van der Waals surface area contributed by atoms with Gasteiger partial charge in [-0.2, -0.15) is 0 Å². The maximum atomic E-state index is 10.1. The number of aliphatic hydroxyl groups is 1. The van der Waals surface area contributed by atoms with E-state index in [-0.39, 0.29) is 5.92 Å². The molecule has 0 unspecified atom stereocenters. The second-order valence-corrected chi connectivity index (χ2v) is 3.74. The molecule has 0 radical (unpaired) electrons. The second kappa shape index (κ2) is 5.69. The minimum atomic E-state index is -0.506. The highest BCUT2D eigenvalue weighted by Gasteiger charge is 2.18. The first-order valence-electron chi connectivity index (χ1n) is 5.06. The van der Waals surface area contributed by atoms with Crippen LogP contribution in [0.1, 0.15) is 18.6 Å². The Hall–Kier alpha value is -1.12. The van der Waals surface area contributed by atoms with E-state index in [2.05, 4.69) is 6.58 Å². The standard InChI is InChI=1S/C13H18O2/c1-10(9-15-3)11(2)13(14)12-7-5-4-6-8-12/h4-8,11,13-14H,1,9H2,2-3H3/t11-,13+/m0/s1. The number of hydrogen-bond donors (Lipinski definition) is 1. The summed E-state index contributed by atoms with van der Waals surface area (Å²) < 4.78 is 5.00. The molecule has 1 aromatic carbocycles. The van der Waals surface area contributed by atoms with Crippen LogP contribution >= 0.6 is 0 Å². The Morgan fingerprint density at radius 1 is 1.40 bits per heavy atom. The van der Waals surface area contributed by atoms with Gasteiger partial charge >= 0.3 is 0 Å². The van der Waals surface area contributed by atoms with E-state index in [0.717, 1.165) is 11.1 Å². The summed E-state index contributed by atoms with van der Waals surface area (Å²) in [6, 6.07) is 9.61. The van der Waals surface area contributed by atoms with Gasteiger partial charge < -0.3 is 9.84 Å². The largest absolute Gasteiger partial charge is 0.388 e. The Bertz CT molecular complexity index is 306. The molecule has 0 heterocycles. The van der Waals surface area contributed by atoms with Crippen molar-refractivity contribution in [3.05, 3.63) is 48.0 Å². The molecule has 2 nitrogen and oxygen atoms in total. The van der Waals surface area contributed by atoms with Crippen molar-refractivity contribution < 1.29 is 9.84 Å². The van der Waals surface area contributed by atoms with Crippen LogP contribution in [0.3, 0.4) is 0 Å². The zero-order valence-electron chi connectivity index (χ0n) is 9.31. The van der Waals surface area contributed by atoms with Gasteiger partial charge in [-0.1, -0.05) is 43.8 Å². The van der Waals surface area contributed by atoms with Crippen LogP contribution in [0.2, 0.25) is 0 Å². The van der Waals surface area contributed by atoms with Crippen LogP contribution in [-0.4, -0.2) is 18.8 Å². The van der Waals surface area contributed by atoms with Gasteiger partial charge in [0.15, 0.2) is 0 Å². The summed E-state index contributed by atoms with van der Waals surface area (Å²) in [5, 5.41) is 10.1. The lowest BCUT2D eigenvalue weighted by Crippen LogP contribution is -2.14. The predicted octanol–water partition coefficient (Wildman–Crippen LogP) is 2.56. The fourth-order valence-electron chi connectivity index (χ4n) is 1.48. The minimum Gasteiger partial charge on any atom is -0.388 e. The fraction of sp³-hybridized carbons (Fsp3) is 0.385. The average molecular weight is 206 g/mol. The molecule has 0 aliphatic carbocycles. The highest BCUT2D eigenvalue weighted by Crippen LogP contribution is 2.26. The second-order valence-electron chi connectivity index (χ2n) is 3.74. The van der Waals surface area contributed by atoms with Crippen LogP contribution in [0.4, 0.5) is 0 Å². The smallest absolute Gasteiger partial charge is 0.0853 e. The van der Waals surface area contributed by atoms with Crippen LogP contribution in [0.5, 0.6) is 0 Å². The molecule has 2 atom stereocenters. The number of ether oxygens (including phenoxy) is 1. The summed E-state index contributed by atoms with van der Waals surface area (Å²) in [5.41, 5.74) is 1.83. The van der Waals surface area contributed by atoms with Gasteiger partial charge in [0.1, 0.15) is 0 Å². The van der Waals surface area contributed by atoms with Crippen molar-refractivity contribution >= 4 is 0 Å². The Morgan fingerprint density at radius 2 is 2.00 bits per heavy atom. The first kappa shape index (κ1) is 12.0. The molecular formula is C13H18O2. The molecule has 1 aromatic rings. The maximum absolute atomic E-state index is 10.1. The van der Waals surface area contributed by atoms with Gasteiger partial charge in [-0.05, 0) is 11.1 Å². The highest BCUT2D eigenvalue weighted by atomic mass is 16.5. The summed E-state index contributed by atoms with van der Waals surface area (Å²) in [6.07, 6.45) is -0.506. The Morgan fingerprint density at radius 3 is 2.53 bits per heavy atom. The van der Waals surface area contributed by atoms with Crippen LogP contribution in [0.15, 0.2) is 42.5 Å². The third-order valence-electron chi connectivity index (χ3n) is 2.59. The number of aliphatic hydroxyl groups excluding tert-OH is 1. The van der Waals surface area contributed by atoms with Gasteiger partial charge in [0.05, 0.1) is 12.7 Å². The van der Waals surface area contributed by atoms with Crippen molar-refractivity contribution in [1.82, 2.24) is 0 Å². The van der Waals surface area contributed by atoms with E-state index in [1.165, 1.54) is 0 Å². The molecule has 0 saturated carbocycles. The SMILES string of the molecule is C=C(COC)[C@H](C)[C@@H](O)c1ccccc1. The molecular weight excluding hydrogens is 188 g/mol. The van der Waals surface area contributed by atoms with Gasteiger partial charge in [-0.15, -0.1) is 0 Å². The van der Waals surface area contributed by atoms with Gasteiger partial charge in [0, 0.05) is 13.0 Å². The van der Waals surface area contributed by atoms with Crippen molar-refractivity contribution in [3.63, 3.8) is 0 Å². The molecule has 0 aromatic heterocycles. The van der Waals surface area contributed by atoms with E-state index < -0.39 is 6.10 Å². The van der Waals surface area contributed by atoms with Crippen molar-refractivity contribution in [2.24, 2.45) is 5.92 Å². The monoisotopic (exact) mass is 206 g/mol. The summed E-state index contributed by atoms with van der Waals surface area (Å²) in [5.74, 6) is 0.00681. The van der Waals surface area contributed by atoms with Crippen molar-refractivity contribution in [2.45, 2.75) is 13.0 Å². The normalized spacial score (nSPS) is 14.6. The van der Waals surface area contributed by atoms with E-state index in [1.807, 2.05) is 37.3 Å². The minimum absolute atomic E-state index is 0.00681. The van der Waals surface area contributed by atoms with Crippen molar-refractivity contribution in [2.75, 3.05) is 13.7 Å². The Kier molecular flexibility index (Phi) is 4.53. The van der Waals surface area contributed by atoms with Crippen molar-refractivity contribution in [3.8, 4) is 0 Å². The zero-order chi connectivity index (χ0) is 11.3. The summed E-state index contributed by atoms with van der Waals surface area (Å²) >= 11 is 0. The zero-order valence-corrected chi connectivity index (χ0v) is 9.31. The van der Waals surface area contributed by atoms with Crippen LogP contribution in [0, 0.1) is 5.92 Å². The molecule has 1 N–H and O–H groups in total. The molecule has 0 saturated heterocycles. The van der Waals surface area contributed by atoms with Gasteiger partial charge in [-0.3, -0.25) is 0 Å². The molecule has 1 rings (SSSR count). The topological polar surface area (TPSA) is 29.5 Å². The number of hydrogen-bond acceptors (Lipinski definition) is 2. The third-order valence-corrected chi connectivity index (χ3v) is 2.59. The van der Waals surface area contributed by atoms with Crippen LogP contribution in [0.25, 0.3) is 0 Å². The molecule has 0 amide bonds. The molecule has 0 bridgehead atoms. The van der Waals surface area contributed by atoms with E-state index in [4.69, 9.17) is 4.74 Å². The predicted molar refractivity (Wildman–Crippen MR) is 61.6 cm³/mol. The third kappa shape index (κ3) is 3.18. The quantitative estimate of drug-likeness (QED) is 0.750.